The quantitative estimate of drug-likeness (QED) is 0.625. The van der Waals surface area contributed by atoms with E-state index in [0.29, 0.717) is 33.7 Å². The number of benzene rings is 2. The van der Waals surface area contributed by atoms with E-state index in [-0.39, 0.29) is 18.1 Å². The van der Waals surface area contributed by atoms with Crippen molar-refractivity contribution < 1.29 is 14.3 Å². The minimum absolute atomic E-state index is 0.205. The summed E-state index contributed by atoms with van der Waals surface area (Å²) in [6.07, 6.45) is 1.43. The van der Waals surface area contributed by atoms with Gasteiger partial charge in [-0.3, -0.25) is 19.1 Å². The summed E-state index contributed by atoms with van der Waals surface area (Å²) in [6, 6.07) is 13.3. The molecule has 7 heteroatoms. The molecule has 1 aromatic heterocycles. The molecule has 4 rings (SSSR count). The second-order valence-corrected chi connectivity index (χ2v) is 7.06. The minimum Gasteiger partial charge on any atom is -0.462 e. The Morgan fingerprint density at radius 1 is 1.10 bits per heavy atom. The number of nitrogens with zero attached hydrogens (tertiary/aromatic N) is 3. The van der Waals surface area contributed by atoms with Crippen LogP contribution in [0.1, 0.15) is 43.0 Å². The number of hydrogen-bond acceptors (Lipinski definition) is 5. The van der Waals surface area contributed by atoms with Crippen LogP contribution in [0.5, 0.6) is 0 Å². The van der Waals surface area contributed by atoms with E-state index in [1.165, 1.54) is 10.6 Å². The topological polar surface area (TPSA) is 81.5 Å². The molecule has 1 aliphatic heterocycles. The number of ether oxygens (including phenoxy) is 1. The van der Waals surface area contributed by atoms with Crippen molar-refractivity contribution in [1.82, 2.24) is 9.55 Å². The molecule has 0 N–H and O–H groups in total. The van der Waals surface area contributed by atoms with E-state index >= 15 is 0 Å². The molecule has 0 radical (unpaired) electrons. The van der Waals surface area contributed by atoms with Crippen LogP contribution in [-0.4, -0.2) is 28.0 Å². The van der Waals surface area contributed by atoms with Crippen molar-refractivity contribution in [2.24, 2.45) is 0 Å². The number of hydrogen-bond donors (Lipinski definition) is 0. The number of para-hydroxylation sites is 1. The molecule has 2 heterocycles. The normalized spacial score (nSPS) is 16.1. The number of amides is 1. The van der Waals surface area contributed by atoms with Crippen molar-refractivity contribution in [3.8, 4) is 0 Å². The Morgan fingerprint density at radius 2 is 1.80 bits per heavy atom. The first-order valence-electron chi connectivity index (χ1n) is 9.73. The van der Waals surface area contributed by atoms with E-state index in [4.69, 9.17) is 9.72 Å². The van der Waals surface area contributed by atoms with Crippen molar-refractivity contribution in [1.29, 1.82) is 0 Å². The SMILES string of the molecule is CCOC(=O)c1ccc(N2C(=O)C=C(C)n3c(nc4ccccc4c3=O)C2C)cc1. The predicted molar refractivity (Wildman–Crippen MR) is 114 cm³/mol. The Balaban J connectivity index is 1.84. The molecule has 1 amide bonds. The van der Waals surface area contributed by atoms with Gasteiger partial charge < -0.3 is 4.74 Å². The molecule has 30 heavy (non-hydrogen) atoms. The molecule has 0 saturated carbocycles. The summed E-state index contributed by atoms with van der Waals surface area (Å²) in [5, 5.41) is 0.501. The molecule has 0 aliphatic carbocycles. The van der Waals surface area contributed by atoms with Gasteiger partial charge in [0.25, 0.3) is 11.5 Å². The van der Waals surface area contributed by atoms with Gasteiger partial charge in [-0.25, -0.2) is 9.78 Å². The molecule has 1 aliphatic rings. The average Bonchev–Trinajstić information content (AvgIpc) is 2.82. The fourth-order valence-electron chi connectivity index (χ4n) is 3.71. The van der Waals surface area contributed by atoms with Crippen LogP contribution in [0.15, 0.2) is 59.4 Å². The molecule has 0 fully saturated rings. The lowest BCUT2D eigenvalue weighted by molar-refractivity contribution is -0.114. The third-order valence-corrected chi connectivity index (χ3v) is 5.14. The van der Waals surface area contributed by atoms with Crippen LogP contribution >= 0.6 is 0 Å². The summed E-state index contributed by atoms with van der Waals surface area (Å²) < 4.78 is 6.51. The first-order chi connectivity index (χ1) is 14.4. The van der Waals surface area contributed by atoms with Crippen LogP contribution in [0.3, 0.4) is 0 Å². The lowest BCUT2D eigenvalue weighted by Gasteiger charge is -2.27. The summed E-state index contributed by atoms with van der Waals surface area (Å²) in [4.78, 5) is 44.4. The van der Waals surface area contributed by atoms with Crippen LogP contribution in [0, 0.1) is 0 Å². The zero-order valence-electron chi connectivity index (χ0n) is 17.0. The summed E-state index contributed by atoms with van der Waals surface area (Å²) in [7, 11) is 0. The predicted octanol–water partition coefficient (Wildman–Crippen LogP) is 3.54. The molecule has 7 nitrogen and oxygen atoms in total. The summed E-state index contributed by atoms with van der Waals surface area (Å²) in [6.45, 7) is 5.59. The maximum atomic E-state index is 13.1. The first-order valence-corrected chi connectivity index (χ1v) is 9.73. The third kappa shape index (κ3) is 3.18. The second kappa shape index (κ2) is 7.59. The molecule has 2 aromatic carbocycles. The van der Waals surface area contributed by atoms with E-state index in [9.17, 15) is 14.4 Å². The maximum absolute atomic E-state index is 13.1. The van der Waals surface area contributed by atoms with E-state index in [2.05, 4.69) is 0 Å². The summed E-state index contributed by atoms with van der Waals surface area (Å²) >= 11 is 0. The van der Waals surface area contributed by atoms with Gasteiger partial charge in [0.05, 0.1) is 29.1 Å². The standard InChI is InChI=1S/C23H21N3O4/c1-4-30-23(29)16-9-11-17(12-10-16)26-15(3)21-24-19-8-6-5-7-18(19)22(28)25(21)14(2)13-20(26)27/h5-13,15H,4H2,1-3H3. The monoisotopic (exact) mass is 403 g/mol. The molecule has 1 unspecified atom stereocenters. The molecule has 1 atom stereocenters. The average molecular weight is 403 g/mol. The molecule has 0 bridgehead atoms. The molecule has 0 spiro atoms. The van der Waals surface area contributed by atoms with Gasteiger partial charge in [0.2, 0.25) is 0 Å². The van der Waals surface area contributed by atoms with Crippen LogP contribution in [0.4, 0.5) is 5.69 Å². The smallest absolute Gasteiger partial charge is 0.338 e. The van der Waals surface area contributed by atoms with Gasteiger partial charge in [0.1, 0.15) is 5.82 Å². The molecule has 0 saturated heterocycles. The highest BCUT2D eigenvalue weighted by Crippen LogP contribution is 2.31. The van der Waals surface area contributed by atoms with E-state index in [0.717, 1.165) is 0 Å². The number of aromatic nitrogens is 2. The van der Waals surface area contributed by atoms with Gasteiger partial charge in [0, 0.05) is 17.5 Å². The third-order valence-electron chi connectivity index (χ3n) is 5.14. The Bertz CT molecular complexity index is 1240. The van der Waals surface area contributed by atoms with E-state index < -0.39 is 12.0 Å². The minimum atomic E-state index is -0.503. The number of carbonyl (C=O) groups excluding carboxylic acids is 2. The number of anilines is 1. The number of carbonyl (C=O) groups is 2. The van der Waals surface area contributed by atoms with Crippen molar-refractivity contribution >= 4 is 34.2 Å². The number of fused-ring (bicyclic) bond motifs is 2. The Kier molecular flexibility index (Phi) is 4.95. The van der Waals surface area contributed by atoms with Gasteiger partial charge in [-0.2, -0.15) is 0 Å². The fourth-order valence-corrected chi connectivity index (χ4v) is 3.71. The van der Waals surface area contributed by atoms with E-state index in [1.54, 1.807) is 61.2 Å². The van der Waals surface area contributed by atoms with Gasteiger partial charge in [-0.15, -0.1) is 0 Å². The maximum Gasteiger partial charge on any atom is 0.338 e. The van der Waals surface area contributed by atoms with Crippen LogP contribution < -0.4 is 10.5 Å². The Morgan fingerprint density at radius 3 is 2.50 bits per heavy atom. The van der Waals surface area contributed by atoms with Crippen molar-refractivity contribution in [2.45, 2.75) is 26.8 Å². The lowest BCUT2D eigenvalue weighted by atomic mass is 10.1. The Hall–Kier alpha value is -3.74. The second-order valence-electron chi connectivity index (χ2n) is 7.06. The largest absolute Gasteiger partial charge is 0.462 e. The van der Waals surface area contributed by atoms with Gasteiger partial charge >= 0.3 is 5.97 Å². The highest BCUT2D eigenvalue weighted by molar-refractivity contribution is 6.05. The summed E-state index contributed by atoms with van der Waals surface area (Å²) in [5.41, 5.74) is 1.89. The molecule has 3 aromatic rings. The zero-order chi connectivity index (χ0) is 21.4. The van der Waals surface area contributed by atoms with Crippen molar-refractivity contribution in [3.63, 3.8) is 0 Å². The van der Waals surface area contributed by atoms with Gasteiger partial charge in [0.15, 0.2) is 0 Å². The van der Waals surface area contributed by atoms with Gasteiger partial charge in [-0.1, -0.05) is 12.1 Å². The molecule has 152 valence electrons. The van der Waals surface area contributed by atoms with Crippen molar-refractivity contribution in [2.75, 3.05) is 11.5 Å². The highest BCUT2D eigenvalue weighted by Gasteiger charge is 2.30. The number of allylic oxidation sites excluding steroid dienone is 1. The summed E-state index contributed by atoms with van der Waals surface area (Å²) in [5.74, 6) is -0.203. The number of rotatable bonds is 3. The van der Waals surface area contributed by atoms with Crippen LogP contribution in [0.2, 0.25) is 0 Å². The first kappa shape index (κ1) is 19.6. The van der Waals surface area contributed by atoms with Crippen molar-refractivity contribution in [3.05, 3.63) is 76.3 Å². The lowest BCUT2D eigenvalue weighted by Crippen LogP contribution is -2.34. The van der Waals surface area contributed by atoms with Crippen LogP contribution in [-0.2, 0) is 9.53 Å². The number of esters is 1. The molecular weight excluding hydrogens is 382 g/mol. The zero-order valence-corrected chi connectivity index (χ0v) is 17.0. The Labute approximate surface area is 173 Å². The highest BCUT2D eigenvalue weighted by atomic mass is 16.5. The van der Waals surface area contributed by atoms with Crippen LogP contribution in [0.25, 0.3) is 16.6 Å². The van der Waals surface area contributed by atoms with E-state index in [1.807, 2.05) is 13.0 Å². The fraction of sp³-hybridized carbons (Fsp3) is 0.217. The molecular formula is C23H21N3O4. The van der Waals surface area contributed by atoms with Gasteiger partial charge in [-0.05, 0) is 57.2 Å².